The van der Waals surface area contributed by atoms with E-state index < -0.39 is 9.84 Å². The molecule has 1 fully saturated rings. The van der Waals surface area contributed by atoms with Crippen molar-refractivity contribution in [2.75, 3.05) is 5.75 Å². The lowest BCUT2D eigenvalue weighted by Gasteiger charge is -2.29. The van der Waals surface area contributed by atoms with Crippen molar-refractivity contribution in [3.8, 4) is 0 Å². The van der Waals surface area contributed by atoms with E-state index >= 15 is 0 Å². The molecule has 0 saturated carbocycles. The van der Waals surface area contributed by atoms with Crippen molar-refractivity contribution in [1.29, 1.82) is 0 Å². The van der Waals surface area contributed by atoms with Crippen molar-refractivity contribution >= 4 is 9.84 Å². The Balaban J connectivity index is 2.13. The number of rotatable bonds is 4. The quantitative estimate of drug-likeness (QED) is 0.645. The van der Waals surface area contributed by atoms with Gasteiger partial charge in [-0.15, -0.1) is 0 Å². The highest BCUT2D eigenvalue weighted by atomic mass is 32.2. The van der Waals surface area contributed by atoms with Gasteiger partial charge >= 0.3 is 0 Å². The maximum atomic E-state index is 12.1. The van der Waals surface area contributed by atoms with Gasteiger partial charge in [-0.3, -0.25) is 11.3 Å². The summed E-state index contributed by atoms with van der Waals surface area (Å²) in [6.07, 6.45) is 3.11. The summed E-state index contributed by atoms with van der Waals surface area (Å²) in [5.74, 6) is 5.88. The Labute approximate surface area is 115 Å². The molecule has 2 atom stereocenters. The number of hydrogen-bond donors (Lipinski definition) is 2. The molecule has 1 aromatic carbocycles. The molecule has 1 heterocycles. The summed E-state index contributed by atoms with van der Waals surface area (Å²) >= 11 is 0. The zero-order chi connectivity index (χ0) is 13.9. The SMILES string of the molecule is Cc1ccc(CC(NN)C2CCCCS2(=O)=O)cc1. The lowest BCUT2D eigenvalue weighted by Crippen LogP contribution is -2.50. The molecule has 5 heteroatoms. The number of nitrogens with one attached hydrogen (secondary N) is 1. The van der Waals surface area contributed by atoms with Crippen LogP contribution in [0.3, 0.4) is 0 Å². The smallest absolute Gasteiger partial charge is 0.154 e. The Morgan fingerprint density at radius 3 is 2.58 bits per heavy atom. The predicted octanol–water partition coefficient (Wildman–Crippen LogP) is 1.34. The lowest BCUT2D eigenvalue weighted by atomic mass is 9.99. The van der Waals surface area contributed by atoms with Crippen LogP contribution >= 0.6 is 0 Å². The molecule has 0 radical (unpaired) electrons. The first-order valence-electron chi connectivity index (χ1n) is 6.76. The van der Waals surface area contributed by atoms with E-state index in [1.165, 1.54) is 5.56 Å². The van der Waals surface area contributed by atoms with Crippen LogP contribution in [-0.2, 0) is 16.3 Å². The maximum Gasteiger partial charge on any atom is 0.154 e. The molecule has 0 aromatic heterocycles. The minimum Gasteiger partial charge on any atom is -0.271 e. The largest absolute Gasteiger partial charge is 0.271 e. The fraction of sp³-hybridized carbons (Fsp3) is 0.571. The van der Waals surface area contributed by atoms with Crippen LogP contribution in [0.1, 0.15) is 30.4 Å². The molecule has 4 nitrogen and oxygen atoms in total. The van der Waals surface area contributed by atoms with E-state index in [1.807, 2.05) is 31.2 Å². The van der Waals surface area contributed by atoms with Crippen LogP contribution in [0.2, 0.25) is 0 Å². The topological polar surface area (TPSA) is 72.2 Å². The number of hydrazine groups is 1. The van der Waals surface area contributed by atoms with Gasteiger partial charge in [-0.25, -0.2) is 8.42 Å². The van der Waals surface area contributed by atoms with E-state index in [0.29, 0.717) is 18.6 Å². The Bertz CT molecular complexity index is 511. The van der Waals surface area contributed by atoms with E-state index in [1.54, 1.807) is 0 Å². The van der Waals surface area contributed by atoms with E-state index in [9.17, 15) is 8.42 Å². The predicted molar refractivity (Wildman–Crippen MR) is 77.4 cm³/mol. The third-order valence-electron chi connectivity index (χ3n) is 3.87. The van der Waals surface area contributed by atoms with Gasteiger partial charge in [0.25, 0.3) is 0 Å². The molecule has 3 N–H and O–H groups in total. The minimum absolute atomic E-state index is 0.201. The van der Waals surface area contributed by atoms with Gasteiger partial charge < -0.3 is 0 Å². The van der Waals surface area contributed by atoms with Crippen molar-refractivity contribution in [2.45, 2.75) is 43.9 Å². The van der Waals surface area contributed by atoms with Crippen molar-refractivity contribution < 1.29 is 8.42 Å². The fourth-order valence-electron chi connectivity index (χ4n) is 2.71. The first-order valence-corrected chi connectivity index (χ1v) is 8.48. The molecule has 0 amide bonds. The molecule has 0 aliphatic carbocycles. The second kappa shape index (κ2) is 6.03. The number of aryl methyl sites for hydroxylation is 1. The molecule has 1 aliphatic rings. The van der Waals surface area contributed by atoms with Crippen LogP contribution in [0, 0.1) is 6.92 Å². The van der Waals surface area contributed by atoms with Crippen LogP contribution in [0.5, 0.6) is 0 Å². The lowest BCUT2D eigenvalue weighted by molar-refractivity contribution is 0.440. The molecule has 106 valence electrons. The molecule has 1 aromatic rings. The summed E-state index contributed by atoms with van der Waals surface area (Å²) in [7, 11) is -3.01. The Hall–Kier alpha value is -0.910. The third-order valence-corrected chi connectivity index (χ3v) is 6.21. The molecule has 0 spiro atoms. The maximum absolute atomic E-state index is 12.1. The van der Waals surface area contributed by atoms with Gasteiger partial charge in [0.2, 0.25) is 0 Å². The summed E-state index contributed by atoms with van der Waals surface area (Å²) in [5.41, 5.74) is 5.03. The van der Waals surface area contributed by atoms with Crippen molar-refractivity contribution in [2.24, 2.45) is 5.84 Å². The monoisotopic (exact) mass is 282 g/mol. The van der Waals surface area contributed by atoms with E-state index in [4.69, 9.17) is 5.84 Å². The van der Waals surface area contributed by atoms with Gasteiger partial charge in [-0.1, -0.05) is 36.2 Å². The summed E-state index contributed by atoms with van der Waals surface area (Å²) in [5, 5.41) is -0.354. The first-order chi connectivity index (χ1) is 9.03. The molecule has 2 unspecified atom stereocenters. The van der Waals surface area contributed by atoms with E-state index in [0.717, 1.165) is 18.4 Å². The Morgan fingerprint density at radius 1 is 1.32 bits per heavy atom. The van der Waals surface area contributed by atoms with Crippen molar-refractivity contribution in [3.05, 3.63) is 35.4 Å². The summed E-state index contributed by atoms with van der Waals surface area (Å²) < 4.78 is 24.3. The van der Waals surface area contributed by atoms with Gasteiger partial charge in [0.15, 0.2) is 9.84 Å². The van der Waals surface area contributed by atoms with Crippen LogP contribution in [0.25, 0.3) is 0 Å². The molecule has 2 rings (SSSR count). The number of benzene rings is 1. The average Bonchev–Trinajstić information content (AvgIpc) is 2.38. The van der Waals surface area contributed by atoms with Gasteiger partial charge in [-0.05, 0) is 31.7 Å². The van der Waals surface area contributed by atoms with Crippen LogP contribution in [0.15, 0.2) is 24.3 Å². The highest BCUT2D eigenvalue weighted by Crippen LogP contribution is 2.24. The summed E-state index contributed by atoms with van der Waals surface area (Å²) in [6, 6.07) is 7.95. The van der Waals surface area contributed by atoms with Gasteiger partial charge in [0, 0.05) is 6.04 Å². The fourth-order valence-corrected chi connectivity index (χ4v) is 4.82. The number of sulfone groups is 1. The highest BCUT2D eigenvalue weighted by Gasteiger charge is 2.34. The van der Waals surface area contributed by atoms with Crippen LogP contribution in [-0.4, -0.2) is 25.5 Å². The summed E-state index contributed by atoms with van der Waals surface area (Å²) in [6.45, 7) is 2.04. The molecule has 1 aliphatic heterocycles. The Kier molecular flexibility index (Phi) is 4.60. The molecule has 1 saturated heterocycles. The van der Waals surface area contributed by atoms with Crippen LogP contribution in [0.4, 0.5) is 0 Å². The zero-order valence-corrected chi connectivity index (χ0v) is 12.1. The molecular formula is C14H22N2O2S. The average molecular weight is 282 g/mol. The second-order valence-electron chi connectivity index (χ2n) is 5.36. The number of nitrogens with two attached hydrogens (primary N) is 1. The van der Waals surface area contributed by atoms with Crippen LogP contribution < -0.4 is 11.3 Å². The minimum atomic E-state index is -3.01. The molecular weight excluding hydrogens is 260 g/mol. The zero-order valence-electron chi connectivity index (χ0n) is 11.3. The van der Waals surface area contributed by atoms with Crippen molar-refractivity contribution in [3.63, 3.8) is 0 Å². The normalized spacial score (nSPS) is 24.0. The first kappa shape index (κ1) is 14.5. The van der Waals surface area contributed by atoms with E-state index in [-0.39, 0.29) is 11.3 Å². The Morgan fingerprint density at radius 2 is 2.00 bits per heavy atom. The third kappa shape index (κ3) is 3.55. The van der Waals surface area contributed by atoms with E-state index in [2.05, 4.69) is 5.43 Å². The molecule has 0 bridgehead atoms. The highest BCUT2D eigenvalue weighted by molar-refractivity contribution is 7.92. The van der Waals surface area contributed by atoms with Gasteiger partial charge in [0.05, 0.1) is 11.0 Å². The van der Waals surface area contributed by atoms with Crippen molar-refractivity contribution in [1.82, 2.24) is 5.43 Å². The second-order valence-corrected chi connectivity index (χ2v) is 7.70. The standard InChI is InChI=1S/C14H22N2O2S/c1-11-5-7-12(8-6-11)10-13(16-15)14-4-2-3-9-19(14,17)18/h5-8,13-14,16H,2-4,9-10,15H2,1H3. The molecule has 19 heavy (non-hydrogen) atoms. The number of hydrogen-bond acceptors (Lipinski definition) is 4. The van der Waals surface area contributed by atoms with Gasteiger partial charge in [-0.2, -0.15) is 0 Å². The van der Waals surface area contributed by atoms with Gasteiger partial charge in [0.1, 0.15) is 0 Å². The summed E-state index contributed by atoms with van der Waals surface area (Å²) in [4.78, 5) is 0.